The van der Waals surface area contributed by atoms with Gasteiger partial charge in [-0.05, 0) is 25.7 Å². The Kier molecular flexibility index (Phi) is 12.7. The first kappa shape index (κ1) is 24.9. The van der Waals surface area contributed by atoms with Crippen LogP contribution in [0.25, 0.3) is 0 Å². The highest BCUT2D eigenvalue weighted by Crippen LogP contribution is 2.33. The highest BCUT2D eigenvalue weighted by molar-refractivity contribution is 5.86. The van der Waals surface area contributed by atoms with Gasteiger partial charge in [0, 0.05) is 31.2 Å². The number of nitrogens with one attached hydrogen (secondary N) is 1. The zero-order valence-corrected chi connectivity index (χ0v) is 17.2. The van der Waals surface area contributed by atoms with Crippen molar-refractivity contribution >= 4 is 11.7 Å². The quantitative estimate of drug-likeness (QED) is 0.233. The topological polar surface area (TPSA) is 116 Å². The minimum Gasteiger partial charge on any atom is -0.395 e. The van der Waals surface area contributed by atoms with E-state index in [2.05, 4.69) is 10.5 Å². The van der Waals surface area contributed by atoms with Crippen molar-refractivity contribution in [2.24, 2.45) is 17.0 Å². The molecule has 3 N–H and O–H groups in total. The molecule has 0 saturated heterocycles. The first-order chi connectivity index (χ1) is 14.0. The summed E-state index contributed by atoms with van der Waals surface area (Å²) in [7, 11) is 0. The number of nitrogens with zero attached hydrogens (tertiary/aromatic N) is 1. The van der Waals surface area contributed by atoms with Gasteiger partial charge in [0.05, 0.1) is 12.7 Å². The maximum Gasteiger partial charge on any atom is 0.220 e. The Bertz CT molecular complexity index is 600. The second kappa shape index (κ2) is 14.8. The molecule has 4 atom stereocenters. The molecule has 7 heteroatoms. The number of ketones is 1. The third-order valence-electron chi connectivity index (χ3n) is 4.95. The van der Waals surface area contributed by atoms with Gasteiger partial charge in [-0.2, -0.15) is 0 Å². The number of aliphatic hydroxyl groups is 2. The lowest BCUT2D eigenvalue weighted by molar-refractivity contribution is -0.121. The van der Waals surface area contributed by atoms with Crippen LogP contribution in [0, 0.1) is 16.7 Å². The zero-order valence-electron chi connectivity index (χ0n) is 17.2. The smallest absolute Gasteiger partial charge is 0.220 e. The van der Waals surface area contributed by atoms with Gasteiger partial charge in [0.15, 0.2) is 0 Å². The van der Waals surface area contributed by atoms with Crippen molar-refractivity contribution in [3.8, 4) is 0 Å². The van der Waals surface area contributed by atoms with Gasteiger partial charge < -0.3 is 15.5 Å². The van der Waals surface area contributed by atoms with Crippen LogP contribution in [-0.4, -0.2) is 47.2 Å². The maximum absolute atomic E-state index is 12.2. The van der Waals surface area contributed by atoms with E-state index in [0.717, 1.165) is 19.3 Å². The molecule has 1 unspecified atom stereocenters. The van der Waals surface area contributed by atoms with Crippen LogP contribution in [-0.2, 0) is 9.59 Å². The average Bonchev–Trinajstić information content (AvgIpc) is 2.98. The summed E-state index contributed by atoms with van der Waals surface area (Å²) in [5, 5.41) is 24.5. The van der Waals surface area contributed by atoms with Crippen LogP contribution in [0.5, 0.6) is 0 Å². The lowest BCUT2D eigenvalue weighted by Gasteiger charge is -2.16. The van der Waals surface area contributed by atoms with E-state index < -0.39 is 18.1 Å². The van der Waals surface area contributed by atoms with Crippen LogP contribution in [0.15, 0.2) is 41.6 Å². The third-order valence-corrected chi connectivity index (χ3v) is 4.95. The Balaban J connectivity index is 2.51. The zero-order chi connectivity index (χ0) is 21.5. The molecule has 7 nitrogen and oxygen atoms in total. The van der Waals surface area contributed by atoms with E-state index in [1.165, 1.54) is 0 Å². The number of aliphatic hydroxyl groups excluding tert-OH is 2. The summed E-state index contributed by atoms with van der Waals surface area (Å²) < 4.78 is 0. The molecule has 0 bridgehead atoms. The Labute approximate surface area is 172 Å². The fourth-order valence-corrected chi connectivity index (χ4v) is 3.33. The molecule has 0 spiro atoms. The molecular formula is C22H34N2O5. The predicted octanol–water partition coefficient (Wildman–Crippen LogP) is 2.83. The molecule has 1 amide bonds. The lowest BCUT2D eigenvalue weighted by atomic mass is 9.90. The van der Waals surface area contributed by atoms with E-state index in [0.29, 0.717) is 19.3 Å². The molecular weight excluding hydrogens is 372 g/mol. The number of amides is 1. The molecule has 1 rings (SSSR count). The van der Waals surface area contributed by atoms with Crippen molar-refractivity contribution in [2.75, 3.05) is 13.2 Å². The van der Waals surface area contributed by atoms with Crippen LogP contribution in [0.4, 0.5) is 0 Å². The number of nitroso groups, excluding NO2 is 1. The van der Waals surface area contributed by atoms with Crippen molar-refractivity contribution < 1.29 is 19.8 Å². The van der Waals surface area contributed by atoms with Crippen molar-refractivity contribution in [1.82, 2.24) is 5.32 Å². The highest BCUT2D eigenvalue weighted by Gasteiger charge is 2.39. The van der Waals surface area contributed by atoms with Gasteiger partial charge in [0.2, 0.25) is 5.91 Å². The molecule has 162 valence electrons. The molecule has 0 aromatic heterocycles. The van der Waals surface area contributed by atoms with Crippen molar-refractivity contribution in [3.05, 3.63) is 41.4 Å². The first-order valence-electron chi connectivity index (χ1n) is 10.4. The molecule has 1 saturated carbocycles. The SMILES string of the molecule is CCC/C=C/[C@@H](/C=C/[C@H]1C(=O)C[C@H](O)C1C/C=C\CCCC(=O)NCCO)N=O. The summed E-state index contributed by atoms with van der Waals surface area (Å²) in [6, 6.07) is -0.597. The van der Waals surface area contributed by atoms with E-state index in [9.17, 15) is 19.6 Å². The van der Waals surface area contributed by atoms with Crippen LogP contribution < -0.4 is 5.32 Å². The summed E-state index contributed by atoms with van der Waals surface area (Å²) >= 11 is 0. The van der Waals surface area contributed by atoms with E-state index in [-0.39, 0.29) is 37.2 Å². The van der Waals surface area contributed by atoms with Crippen LogP contribution in [0.2, 0.25) is 0 Å². The Morgan fingerprint density at radius 3 is 2.76 bits per heavy atom. The average molecular weight is 407 g/mol. The van der Waals surface area contributed by atoms with E-state index >= 15 is 0 Å². The standard InChI is InChI=1S/C22H34N2O5/c1-2-3-6-9-17(24-29)12-13-19-18(20(26)16-21(19)27)10-7-4-5-8-11-22(28)23-14-15-25/h4,6-7,9,12-13,17-20,25-26H,2-3,5,8,10-11,14-16H2,1H3,(H,23,28)/b7-4-,9-6+,13-12+/t17-,18?,19+,20-/m0/s1. The Morgan fingerprint density at radius 1 is 1.28 bits per heavy atom. The lowest BCUT2D eigenvalue weighted by Crippen LogP contribution is -2.25. The molecule has 1 aliphatic carbocycles. The number of carbonyl (C=O) groups excluding carboxylic acids is 2. The number of hydrogen-bond donors (Lipinski definition) is 3. The monoisotopic (exact) mass is 406 g/mol. The van der Waals surface area contributed by atoms with Gasteiger partial charge in [0.25, 0.3) is 0 Å². The minimum atomic E-state index is -0.690. The van der Waals surface area contributed by atoms with Gasteiger partial charge in [0.1, 0.15) is 11.8 Å². The number of rotatable bonds is 14. The molecule has 0 aliphatic heterocycles. The van der Waals surface area contributed by atoms with Crippen molar-refractivity contribution in [3.63, 3.8) is 0 Å². The molecule has 29 heavy (non-hydrogen) atoms. The number of hydrogen-bond acceptors (Lipinski definition) is 6. The molecule has 0 radical (unpaired) electrons. The fourth-order valence-electron chi connectivity index (χ4n) is 3.33. The normalized spacial score (nSPS) is 23.4. The summed E-state index contributed by atoms with van der Waals surface area (Å²) in [6.45, 7) is 2.25. The molecule has 0 aromatic carbocycles. The second-order valence-corrected chi connectivity index (χ2v) is 7.30. The third kappa shape index (κ3) is 9.76. The fraction of sp³-hybridized carbons (Fsp3) is 0.636. The molecule has 1 fully saturated rings. The maximum atomic E-state index is 12.2. The number of carbonyl (C=O) groups is 2. The van der Waals surface area contributed by atoms with E-state index in [4.69, 9.17) is 5.11 Å². The summed E-state index contributed by atoms with van der Waals surface area (Å²) in [5.41, 5.74) is 0. The number of allylic oxidation sites excluding steroid dienone is 4. The number of Topliss-reactive ketones (excluding diaryl/α,β-unsaturated/α-hetero) is 1. The van der Waals surface area contributed by atoms with Crippen molar-refractivity contribution in [2.45, 2.75) is 64.0 Å². The largest absolute Gasteiger partial charge is 0.395 e. The number of unbranched alkanes of at least 4 members (excludes halogenated alkanes) is 2. The molecule has 0 heterocycles. The van der Waals surface area contributed by atoms with Gasteiger partial charge in [-0.15, -0.1) is 4.91 Å². The van der Waals surface area contributed by atoms with Gasteiger partial charge in [-0.3, -0.25) is 9.59 Å². The van der Waals surface area contributed by atoms with Crippen LogP contribution in [0.1, 0.15) is 51.9 Å². The van der Waals surface area contributed by atoms with Crippen LogP contribution in [0.3, 0.4) is 0 Å². The van der Waals surface area contributed by atoms with E-state index in [1.54, 1.807) is 18.2 Å². The molecule has 1 aliphatic rings. The Hall–Kier alpha value is -2.12. The summed E-state index contributed by atoms with van der Waals surface area (Å²) in [4.78, 5) is 34.6. The van der Waals surface area contributed by atoms with Crippen LogP contribution >= 0.6 is 0 Å². The summed E-state index contributed by atoms with van der Waals surface area (Å²) in [5.74, 6) is -0.729. The van der Waals surface area contributed by atoms with Gasteiger partial charge >= 0.3 is 0 Å². The van der Waals surface area contributed by atoms with Crippen molar-refractivity contribution in [1.29, 1.82) is 0 Å². The summed E-state index contributed by atoms with van der Waals surface area (Å²) in [6.07, 6.45) is 14.6. The van der Waals surface area contributed by atoms with E-state index in [1.807, 2.05) is 25.2 Å². The highest BCUT2D eigenvalue weighted by atomic mass is 16.3. The molecule has 0 aromatic rings. The first-order valence-corrected chi connectivity index (χ1v) is 10.4. The van der Waals surface area contributed by atoms with Gasteiger partial charge in [-0.25, -0.2) is 0 Å². The minimum absolute atomic E-state index is 0.0186. The Morgan fingerprint density at radius 2 is 2.07 bits per heavy atom. The second-order valence-electron chi connectivity index (χ2n) is 7.30. The predicted molar refractivity (Wildman–Crippen MR) is 113 cm³/mol. The van der Waals surface area contributed by atoms with Gasteiger partial charge in [-0.1, -0.05) is 55.0 Å².